The normalized spacial score (nSPS) is 18.4. The van der Waals surface area contributed by atoms with Gasteiger partial charge in [-0.3, -0.25) is 15.0 Å². The Bertz CT molecular complexity index is 661. The molecule has 22 heavy (non-hydrogen) atoms. The Kier molecular flexibility index (Phi) is 4.09. The van der Waals surface area contributed by atoms with Gasteiger partial charge in [0.1, 0.15) is 11.4 Å². The zero-order chi connectivity index (χ0) is 16.5. The second-order valence-electron chi connectivity index (χ2n) is 6.00. The summed E-state index contributed by atoms with van der Waals surface area (Å²) in [5.74, 6) is 0.0283. The summed E-state index contributed by atoms with van der Waals surface area (Å²) in [6, 6.07) is 6.81. The summed E-state index contributed by atoms with van der Waals surface area (Å²) < 4.78 is 5.92. The maximum absolute atomic E-state index is 12.0. The van der Waals surface area contributed by atoms with Crippen LogP contribution in [0.25, 0.3) is 0 Å². The molecule has 0 aromatic heterocycles. The molecule has 0 saturated heterocycles. The number of hydrogen-bond acceptors (Lipinski definition) is 4. The molecular weight excluding hydrogens is 282 g/mol. The molecule has 0 unspecified atom stereocenters. The topological polar surface area (TPSA) is 82.4 Å². The zero-order valence-corrected chi connectivity index (χ0v) is 13.1. The Morgan fingerprint density at radius 3 is 2.64 bits per heavy atom. The van der Waals surface area contributed by atoms with Crippen LogP contribution in [-0.4, -0.2) is 22.4 Å². The summed E-state index contributed by atoms with van der Waals surface area (Å²) in [4.78, 5) is 23.4. The van der Waals surface area contributed by atoms with Crippen LogP contribution in [0.3, 0.4) is 0 Å². The minimum Gasteiger partial charge on any atom is -0.487 e. The van der Waals surface area contributed by atoms with Crippen molar-refractivity contribution in [2.75, 3.05) is 0 Å². The van der Waals surface area contributed by atoms with Crippen molar-refractivity contribution in [3.63, 3.8) is 0 Å². The lowest BCUT2D eigenvalue weighted by Gasteiger charge is -2.42. The molecule has 0 bridgehead atoms. The molecule has 1 N–H and O–H groups in total. The first-order chi connectivity index (χ1) is 10.2. The van der Waals surface area contributed by atoms with Gasteiger partial charge in [-0.05, 0) is 32.0 Å². The number of carbonyl (C=O) groups is 2. The van der Waals surface area contributed by atoms with Gasteiger partial charge in [-0.25, -0.2) is 5.01 Å². The minimum absolute atomic E-state index is 0.272. The van der Waals surface area contributed by atoms with E-state index in [-0.39, 0.29) is 17.9 Å². The molecule has 0 fully saturated rings. The Hall–Kier alpha value is -2.55. The fourth-order valence-corrected chi connectivity index (χ4v) is 2.66. The van der Waals surface area contributed by atoms with E-state index in [0.717, 1.165) is 5.56 Å². The fourth-order valence-electron chi connectivity index (χ4n) is 2.66. The van der Waals surface area contributed by atoms with E-state index in [2.05, 4.69) is 11.5 Å². The van der Waals surface area contributed by atoms with E-state index in [1.54, 1.807) is 18.2 Å². The quantitative estimate of drug-likeness (QED) is 0.805. The van der Waals surface area contributed by atoms with Gasteiger partial charge >= 0.3 is 0 Å². The average Bonchev–Trinajstić information content (AvgIpc) is 2.42. The van der Waals surface area contributed by atoms with Gasteiger partial charge in [0.2, 0.25) is 11.8 Å². The lowest BCUT2D eigenvalue weighted by Crippen LogP contribution is -2.50. The Labute approximate surface area is 129 Å². The molecule has 1 aliphatic rings. The number of hydrogen-bond donors (Lipinski definition) is 1. The maximum Gasteiger partial charge on any atom is 0.238 e. The smallest absolute Gasteiger partial charge is 0.238 e. The number of rotatable bonds is 1. The van der Waals surface area contributed by atoms with Crippen LogP contribution < -0.4 is 10.2 Å². The highest BCUT2D eigenvalue weighted by molar-refractivity contribution is 5.80. The Morgan fingerprint density at radius 2 is 2.09 bits per heavy atom. The summed E-state index contributed by atoms with van der Waals surface area (Å²) in [6.07, 6.45) is 0.509. The molecule has 0 saturated carbocycles. The van der Waals surface area contributed by atoms with Crippen molar-refractivity contribution in [1.82, 2.24) is 10.4 Å². The van der Waals surface area contributed by atoms with Crippen LogP contribution >= 0.6 is 0 Å². The number of hydrazine groups is 1. The summed E-state index contributed by atoms with van der Waals surface area (Å²) in [6.45, 7) is 6.60. The number of nitriles is 1. The van der Waals surface area contributed by atoms with Crippen molar-refractivity contribution in [2.24, 2.45) is 0 Å². The number of carbonyl (C=O) groups excluding carboxylic acids is 2. The van der Waals surface area contributed by atoms with E-state index in [1.165, 1.54) is 18.9 Å². The van der Waals surface area contributed by atoms with E-state index < -0.39 is 5.60 Å². The highest BCUT2D eigenvalue weighted by Crippen LogP contribution is 2.42. The van der Waals surface area contributed by atoms with Crippen LogP contribution in [0.4, 0.5) is 0 Å². The highest BCUT2D eigenvalue weighted by atomic mass is 16.5. The molecule has 6 heteroatoms. The molecule has 116 valence electrons. The molecule has 2 amide bonds. The van der Waals surface area contributed by atoms with Gasteiger partial charge < -0.3 is 4.74 Å². The second-order valence-corrected chi connectivity index (χ2v) is 6.00. The number of benzene rings is 1. The predicted octanol–water partition coefficient (Wildman–Crippen LogP) is 2.06. The van der Waals surface area contributed by atoms with Crippen LogP contribution in [-0.2, 0) is 9.59 Å². The zero-order valence-electron chi connectivity index (χ0n) is 13.1. The van der Waals surface area contributed by atoms with Crippen molar-refractivity contribution in [2.45, 2.75) is 45.8 Å². The third kappa shape index (κ3) is 3.19. The van der Waals surface area contributed by atoms with Gasteiger partial charge in [-0.1, -0.05) is 0 Å². The first-order valence-electron chi connectivity index (χ1n) is 7.03. The van der Waals surface area contributed by atoms with E-state index in [0.29, 0.717) is 17.7 Å². The summed E-state index contributed by atoms with van der Waals surface area (Å²) in [7, 11) is 0. The Morgan fingerprint density at radius 1 is 1.41 bits per heavy atom. The number of nitrogens with one attached hydrogen (secondary N) is 1. The van der Waals surface area contributed by atoms with E-state index >= 15 is 0 Å². The SMILES string of the molecule is CC(=O)NN(C(C)=O)[C@@H]1CC(C)(C)Oc2ccc(C#N)cc21. The molecule has 1 heterocycles. The minimum atomic E-state index is -0.488. The van der Waals surface area contributed by atoms with Crippen LogP contribution in [0.5, 0.6) is 5.75 Å². The highest BCUT2D eigenvalue weighted by Gasteiger charge is 2.38. The van der Waals surface area contributed by atoms with Gasteiger partial charge in [0.05, 0.1) is 17.7 Å². The van der Waals surface area contributed by atoms with Gasteiger partial charge in [0.15, 0.2) is 0 Å². The van der Waals surface area contributed by atoms with E-state index in [9.17, 15) is 9.59 Å². The van der Waals surface area contributed by atoms with E-state index in [4.69, 9.17) is 10.00 Å². The number of fused-ring (bicyclic) bond motifs is 1. The summed E-state index contributed by atoms with van der Waals surface area (Å²) in [5, 5.41) is 10.4. The molecule has 2 rings (SSSR count). The van der Waals surface area contributed by atoms with Crippen LogP contribution in [0, 0.1) is 11.3 Å². The molecular formula is C16H19N3O3. The first kappa shape index (κ1) is 15.8. The number of amides is 2. The second kappa shape index (κ2) is 5.68. The van der Waals surface area contributed by atoms with Crippen LogP contribution in [0.1, 0.15) is 51.3 Å². The molecule has 1 atom stereocenters. The number of nitrogens with zero attached hydrogens (tertiary/aromatic N) is 2. The van der Waals surface area contributed by atoms with Crippen molar-refractivity contribution in [3.8, 4) is 11.8 Å². The van der Waals surface area contributed by atoms with Gasteiger partial charge in [0.25, 0.3) is 0 Å². The summed E-state index contributed by atoms with van der Waals surface area (Å²) in [5.41, 5.74) is 3.29. The van der Waals surface area contributed by atoms with Crippen molar-refractivity contribution < 1.29 is 14.3 Å². The van der Waals surface area contributed by atoms with Gasteiger partial charge in [-0.15, -0.1) is 0 Å². The molecule has 1 aromatic rings. The third-order valence-electron chi connectivity index (χ3n) is 3.50. The van der Waals surface area contributed by atoms with Crippen molar-refractivity contribution in [3.05, 3.63) is 29.3 Å². The summed E-state index contributed by atoms with van der Waals surface area (Å²) >= 11 is 0. The van der Waals surface area contributed by atoms with Crippen molar-refractivity contribution in [1.29, 1.82) is 5.26 Å². The monoisotopic (exact) mass is 301 g/mol. The van der Waals surface area contributed by atoms with Crippen molar-refractivity contribution >= 4 is 11.8 Å². The molecule has 1 aromatic carbocycles. The van der Waals surface area contributed by atoms with Crippen LogP contribution in [0.15, 0.2) is 18.2 Å². The van der Waals surface area contributed by atoms with Gasteiger partial charge in [-0.2, -0.15) is 5.26 Å². The predicted molar refractivity (Wildman–Crippen MR) is 79.6 cm³/mol. The largest absolute Gasteiger partial charge is 0.487 e. The number of ether oxygens (including phenoxy) is 1. The standard InChI is InChI=1S/C16H19N3O3/c1-10(20)18-19(11(2)21)14-8-16(3,4)22-15-6-5-12(9-17)7-13(14)15/h5-7,14H,8H2,1-4H3,(H,18,20)/t14-/m1/s1. The third-order valence-corrected chi connectivity index (χ3v) is 3.50. The molecule has 0 radical (unpaired) electrons. The Balaban J connectivity index is 2.52. The molecule has 6 nitrogen and oxygen atoms in total. The molecule has 0 aliphatic carbocycles. The lowest BCUT2D eigenvalue weighted by molar-refractivity contribution is -0.144. The lowest BCUT2D eigenvalue weighted by atomic mass is 9.88. The fraction of sp³-hybridized carbons (Fsp3) is 0.438. The first-order valence-corrected chi connectivity index (χ1v) is 7.03. The van der Waals surface area contributed by atoms with Crippen LogP contribution in [0.2, 0.25) is 0 Å². The van der Waals surface area contributed by atoms with E-state index in [1.807, 2.05) is 13.8 Å². The average molecular weight is 301 g/mol. The maximum atomic E-state index is 12.0. The van der Waals surface area contributed by atoms with Gasteiger partial charge in [0, 0.05) is 25.8 Å². The molecule has 1 aliphatic heterocycles. The molecule has 0 spiro atoms.